The largest absolute Gasteiger partial charge is 0.550 e. The zero-order valence-electron chi connectivity index (χ0n) is 11.4. The second-order valence-corrected chi connectivity index (χ2v) is 5.42. The average molecular weight is 245 g/mol. The molecule has 0 bridgehead atoms. The Labute approximate surface area is 103 Å². The SMILES string of the molecule is CCC(C)C(=O)O[C@H](CC(=O)[O-])C[N+](C)(C)C. The van der Waals surface area contributed by atoms with Crippen molar-refractivity contribution in [3.63, 3.8) is 0 Å². The summed E-state index contributed by atoms with van der Waals surface area (Å²) < 4.78 is 5.75. The second kappa shape index (κ2) is 6.59. The molecule has 0 heterocycles. The molecule has 0 spiro atoms. The number of nitrogens with zero attached hydrogens (tertiary/aromatic N) is 1. The van der Waals surface area contributed by atoms with E-state index in [1.54, 1.807) is 6.92 Å². The second-order valence-electron chi connectivity index (χ2n) is 5.42. The number of hydrogen-bond donors (Lipinski definition) is 0. The van der Waals surface area contributed by atoms with Gasteiger partial charge >= 0.3 is 5.97 Å². The van der Waals surface area contributed by atoms with Gasteiger partial charge in [0.25, 0.3) is 0 Å². The molecule has 0 aliphatic rings. The fraction of sp³-hybridized carbons (Fsp3) is 0.833. The molecule has 0 aromatic rings. The molecule has 0 amide bonds. The van der Waals surface area contributed by atoms with Crippen LogP contribution in [-0.4, -0.2) is 50.2 Å². The molecule has 0 aromatic heterocycles. The number of rotatable bonds is 7. The Hall–Kier alpha value is -1.10. The fourth-order valence-electron chi connectivity index (χ4n) is 1.39. The number of carbonyl (C=O) groups excluding carboxylic acids is 2. The monoisotopic (exact) mass is 245 g/mol. The first-order valence-electron chi connectivity index (χ1n) is 5.86. The minimum absolute atomic E-state index is 0.202. The molecule has 0 saturated heterocycles. The lowest BCUT2D eigenvalue weighted by molar-refractivity contribution is -0.873. The maximum absolute atomic E-state index is 11.6. The molecular weight excluding hydrogens is 222 g/mol. The molecule has 100 valence electrons. The highest BCUT2D eigenvalue weighted by atomic mass is 16.5. The van der Waals surface area contributed by atoms with E-state index in [4.69, 9.17) is 4.74 Å². The fourth-order valence-corrected chi connectivity index (χ4v) is 1.39. The molecule has 17 heavy (non-hydrogen) atoms. The molecule has 0 rings (SSSR count). The van der Waals surface area contributed by atoms with Crippen LogP contribution in [0.15, 0.2) is 0 Å². The molecule has 0 N–H and O–H groups in total. The third-order valence-electron chi connectivity index (χ3n) is 2.44. The number of ether oxygens (including phenoxy) is 1. The molecule has 0 aromatic carbocycles. The van der Waals surface area contributed by atoms with Crippen LogP contribution in [0.5, 0.6) is 0 Å². The molecule has 0 aliphatic carbocycles. The van der Waals surface area contributed by atoms with E-state index in [1.165, 1.54) is 0 Å². The first kappa shape index (κ1) is 15.9. The first-order valence-corrected chi connectivity index (χ1v) is 5.86. The van der Waals surface area contributed by atoms with Crippen molar-refractivity contribution >= 4 is 11.9 Å². The summed E-state index contributed by atoms with van der Waals surface area (Å²) in [4.78, 5) is 22.2. The Morgan fingerprint density at radius 2 is 1.82 bits per heavy atom. The number of likely N-dealkylation sites (N-methyl/N-ethyl adjacent to an activating group) is 1. The van der Waals surface area contributed by atoms with Crippen LogP contribution in [0.2, 0.25) is 0 Å². The zero-order chi connectivity index (χ0) is 13.6. The molecule has 0 radical (unpaired) electrons. The third kappa shape index (κ3) is 7.74. The molecule has 0 aliphatic heterocycles. The van der Waals surface area contributed by atoms with E-state index in [2.05, 4.69) is 0 Å². The van der Waals surface area contributed by atoms with Gasteiger partial charge in [0.2, 0.25) is 0 Å². The minimum atomic E-state index is -1.19. The van der Waals surface area contributed by atoms with Gasteiger partial charge in [-0.2, -0.15) is 0 Å². The number of carboxylic acid groups (broad SMARTS) is 1. The normalized spacial score (nSPS) is 15.1. The molecule has 1 unspecified atom stereocenters. The smallest absolute Gasteiger partial charge is 0.309 e. The van der Waals surface area contributed by atoms with E-state index in [1.807, 2.05) is 28.1 Å². The lowest BCUT2D eigenvalue weighted by Gasteiger charge is -2.29. The minimum Gasteiger partial charge on any atom is -0.550 e. The number of carboxylic acids is 1. The van der Waals surface area contributed by atoms with Crippen LogP contribution < -0.4 is 5.11 Å². The summed E-state index contributed by atoms with van der Waals surface area (Å²) in [5.74, 6) is -1.74. The van der Waals surface area contributed by atoms with Gasteiger partial charge < -0.3 is 19.1 Å². The maximum atomic E-state index is 11.6. The first-order chi connectivity index (χ1) is 7.65. The summed E-state index contributed by atoms with van der Waals surface area (Å²) in [6.45, 7) is 4.11. The van der Waals surface area contributed by atoms with E-state index >= 15 is 0 Å². The van der Waals surface area contributed by atoms with E-state index in [9.17, 15) is 14.7 Å². The molecule has 0 saturated carbocycles. The van der Waals surface area contributed by atoms with Crippen molar-refractivity contribution in [2.45, 2.75) is 32.8 Å². The molecular formula is C12H23NO4. The van der Waals surface area contributed by atoms with Gasteiger partial charge in [-0.3, -0.25) is 4.79 Å². The maximum Gasteiger partial charge on any atom is 0.309 e. The number of hydrogen-bond acceptors (Lipinski definition) is 4. The van der Waals surface area contributed by atoms with E-state index < -0.39 is 12.1 Å². The molecule has 2 atom stereocenters. The van der Waals surface area contributed by atoms with Crippen molar-refractivity contribution in [2.75, 3.05) is 27.7 Å². The average Bonchev–Trinajstić information content (AvgIpc) is 2.12. The van der Waals surface area contributed by atoms with Crippen LogP contribution in [0.4, 0.5) is 0 Å². The summed E-state index contributed by atoms with van der Waals surface area (Å²) in [5.41, 5.74) is 0. The van der Waals surface area contributed by atoms with Gasteiger partial charge in [-0.25, -0.2) is 0 Å². The predicted octanol–water partition coefficient (Wildman–Crippen LogP) is -0.209. The van der Waals surface area contributed by atoms with Crippen molar-refractivity contribution in [3.8, 4) is 0 Å². The molecule has 5 heteroatoms. The van der Waals surface area contributed by atoms with Crippen molar-refractivity contribution < 1.29 is 23.9 Å². The number of esters is 1. The van der Waals surface area contributed by atoms with Gasteiger partial charge in [0.05, 0.1) is 27.1 Å². The topological polar surface area (TPSA) is 66.4 Å². The highest BCUT2D eigenvalue weighted by molar-refractivity contribution is 5.73. The third-order valence-corrected chi connectivity index (χ3v) is 2.44. The van der Waals surface area contributed by atoms with E-state index in [0.717, 1.165) is 0 Å². The van der Waals surface area contributed by atoms with Gasteiger partial charge in [-0.1, -0.05) is 13.8 Å². The van der Waals surface area contributed by atoms with Gasteiger partial charge in [0.15, 0.2) is 6.10 Å². The van der Waals surface area contributed by atoms with Crippen molar-refractivity contribution in [1.82, 2.24) is 0 Å². The molecule has 5 nitrogen and oxygen atoms in total. The summed E-state index contributed by atoms with van der Waals surface area (Å²) in [5, 5.41) is 10.6. The number of carbonyl (C=O) groups is 2. The Kier molecular flexibility index (Phi) is 6.16. The highest BCUT2D eigenvalue weighted by Gasteiger charge is 2.24. The van der Waals surface area contributed by atoms with Crippen molar-refractivity contribution in [1.29, 1.82) is 0 Å². The van der Waals surface area contributed by atoms with Crippen LogP contribution >= 0.6 is 0 Å². The number of aliphatic carboxylic acids is 1. The van der Waals surface area contributed by atoms with Crippen LogP contribution in [0.1, 0.15) is 26.7 Å². The summed E-state index contributed by atoms with van der Waals surface area (Å²) in [7, 11) is 5.75. The summed E-state index contributed by atoms with van der Waals surface area (Å²) in [6, 6.07) is 0. The lowest BCUT2D eigenvalue weighted by Crippen LogP contribution is -2.45. The Balaban J connectivity index is 4.48. The quantitative estimate of drug-likeness (QED) is 0.460. The van der Waals surface area contributed by atoms with Crippen LogP contribution in [0.3, 0.4) is 0 Å². The standard InChI is InChI=1S/C12H23NO4/c1-6-9(2)12(16)17-10(7-11(14)15)8-13(3,4)5/h9-10H,6-8H2,1-5H3/t9?,10-/m1/s1. The van der Waals surface area contributed by atoms with E-state index in [0.29, 0.717) is 17.4 Å². The lowest BCUT2D eigenvalue weighted by atomic mass is 10.1. The van der Waals surface area contributed by atoms with Gasteiger partial charge in [0, 0.05) is 12.4 Å². The zero-order valence-corrected chi connectivity index (χ0v) is 11.4. The molecule has 0 fully saturated rings. The Bertz CT molecular complexity index is 270. The van der Waals surface area contributed by atoms with E-state index in [-0.39, 0.29) is 18.3 Å². The van der Waals surface area contributed by atoms with Crippen molar-refractivity contribution in [3.05, 3.63) is 0 Å². The van der Waals surface area contributed by atoms with Crippen molar-refractivity contribution in [2.24, 2.45) is 5.92 Å². The highest BCUT2D eigenvalue weighted by Crippen LogP contribution is 2.10. The van der Waals surface area contributed by atoms with Crippen LogP contribution in [0.25, 0.3) is 0 Å². The Morgan fingerprint density at radius 3 is 2.18 bits per heavy atom. The Morgan fingerprint density at radius 1 is 1.29 bits per heavy atom. The van der Waals surface area contributed by atoms with Gasteiger partial charge in [-0.15, -0.1) is 0 Å². The van der Waals surface area contributed by atoms with Crippen LogP contribution in [-0.2, 0) is 14.3 Å². The predicted molar refractivity (Wildman–Crippen MR) is 61.9 cm³/mol. The van der Waals surface area contributed by atoms with Crippen LogP contribution in [0, 0.1) is 5.92 Å². The summed E-state index contributed by atoms with van der Waals surface area (Å²) >= 11 is 0. The van der Waals surface area contributed by atoms with Gasteiger partial charge in [-0.05, 0) is 6.42 Å². The summed E-state index contributed by atoms with van der Waals surface area (Å²) in [6.07, 6.45) is -0.194. The number of quaternary nitrogens is 1. The van der Waals surface area contributed by atoms with Gasteiger partial charge in [0.1, 0.15) is 6.54 Å².